The Kier molecular flexibility index (Phi) is 16.1. The van der Waals surface area contributed by atoms with Crippen LogP contribution in [0.3, 0.4) is 0 Å². The molecule has 5 atom stereocenters. The smallest absolute Gasteiger partial charge is 0.251 e. The second-order valence-electron chi connectivity index (χ2n) is 14.7. The minimum absolute atomic E-state index is 0.0148. The Morgan fingerprint density at radius 1 is 0.763 bits per heavy atom. The molecule has 0 aliphatic rings. The standard InChI is InChI=1S/C43H51F2N5O8S/c1-26(2)39(43(55)46-24-29-13-9-7-10-14-29)49-40(52)27(3)17-38(51)37(25-58-36-22-33(44)21-34(45)23-36)48-42(54)32-18-31(19-35(20-32)50(5)59(6,56)57)41(53)47-28(4)30-15-11-8-12-16-30/h7-16,18-23,26-28,37-39,51H,17,24-25H2,1-6H3,(H,46,55)(H,47,53)(H,48,54)(H,49,52)/t27-,28-,37?,38+,39+/m1/s1. The molecule has 4 rings (SSSR count). The fourth-order valence-corrected chi connectivity index (χ4v) is 6.50. The van der Waals surface area contributed by atoms with Crippen LogP contribution in [0.25, 0.3) is 0 Å². The molecule has 4 aromatic rings. The third-order valence-corrected chi connectivity index (χ3v) is 10.8. The number of hydrogen-bond acceptors (Lipinski definition) is 8. The summed E-state index contributed by atoms with van der Waals surface area (Å²) in [7, 11) is -2.61. The van der Waals surface area contributed by atoms with Gasteiger partial charge in [0.05, 0.1) is 30.1 Å². The van der Waals surface area contributed by atoms with E-state index in [1.807, 2.05) is 60.7 Å². The van der Waals surface area contributed by atoms with Crippen molar-refractivity contribution in [2.24, 2.45) is 11.8 Å². The Morgan fingerprint density at radius 2 is 1.32 bits per heavy atom. The summed E-state index contributed by atoms with van der Waals surface area (Å²) < 4.78 is 59.7. The molecule has 0 aromatic heterocycles. The Labute approximate surface area is 343 Å². The highest BCUT2D eigenvalue weighted by Gasteiger charge is 2.31. The van der Waals surface area contributed by atoms with Crippen LogP contribution in [0, 0.1) is 23.5 Å². The fraction of sp³-hybridized carbons (Fsp3) is 0.349. The molecule has 4 aromatic carbocycles. The van der Waals surface area contributed by atoms with E-state index in [1.165, 1.54) is 32.2 Å². The van der Waals surface area contributed by atoms with Crippen molar-refractivity contribution in [2.45, 2.75) is 64.9 Å². The van der Waals surface area contributed by atoms with Crippen molar-refractivity contribution < 1.29 is 46.2 Å². The quantitative estimate of drug-likeness (QED) is 0.0887. The number of hydrogen-bond donors (Lipinski definition) is 5. The summed E-state index contributed by atoms with van der Waals surface area (Å²) >= 11 is 0. The van der Waals surface area contributed by atoms with Crippen molar-refractivity contribution in [3.05, 3.63) is 131 Å². The molecule has 0 aliphatic carbocycles. The first-order valence-electron chi connectivity index (χ1n) is 19.0. The molecule has 0 saturated heterocycles. The number of amides is 4. The van der Waals surface area contributed by atoms with Gasteiger partial charge < -0.3 is 31.1 Å². The molecule has 0 saturated carbocycles. The SMILES string of the molecule is CC(C)[C@H](NC(=O)[C@H](C)C[C@H](O)C(COc1cc(F)cc(F)c1)NC(=O)c1cc(C(=O)N[C@H](C)c2ccccc2)cc(N(C)S(C)(=O)=O)c1)C(=O)NCc1ccccc1. The van der Waals surface area contributed by atoms with Crippen LogP contribution >= 0.6 is 0 Å². The molecule has 4 amide bonds. The summed E-state index contributed by atoms with van der Waals surface area (Å²) in [6, 6.07) is 21.9. The lowest BCUT2D eigenvalue weighted by Gasteiger charge is -2.28. The molecule has 0 aliphatic heterocycles. The van der Waals surface area contributed by atoms with Crippen LogP contribution in [0.5, 0.6) is 5.75 Å². The number of anilines is 1. The number of benzene rings is 4. The van der Waals surface area contributed by atoms with Crippen LogP contribution in [-0.2, 0) is 26.2 Å². The Bertz CT molecular complexity index is 2170. The van der Waals surface area contributed by atoms with Crippen LogP contribution in [0.15, 0.2) is 97.1 Å². The molecule has 316 valence electrons. The molecular weight excluding hydrogens is 785 g/mol. The highest BCUT2D eigenvalue weighted by molar-refractivity contribution is 7.92. The molecule has 0 heterocycles. The van der Waals surface area contributed by atoms with Crippen LogP contribution in [0.4, 0.5) is 14.5 Å². The Balaban J connectivity index is 1.57. The lowest BCUT2D eigenvalue weighted by Crippen LogP contribution is -2.52. The Morgan fingerprint density at radius 3 is 1.88 bits per heavy atom. The molecule has 1 unspecified atom stereocenters. The maximum Gasteiger partial charge on any atom is 0.251 e. The van der Waals surface area contributed by atoms with Crippen LogP contribution in [0.2, 0.25) is 0 Å². The summed E-state index contributed by atoms with van der Waals surface area (Å²) in [6.45, 7) is 6.53. The number of halogens is 2. The average Bonchev–Trinajstić information content (AvgIpc) is 3.19. The number of aliphatic hydroxyl groups is 1. The molecule has 13 nitrogen and oxygen atoms in total. The average molecular weight is 836 g/mol. The first-order valence-corrected chi connectivity index (χ1v) is 20.8. The molecule has 0 radical (unpaired) electrons. The summed E-state index contributed by atoms with van der Waals surface area (Å²) in [5, 5.41) is 22.6. The fourth-order valence-electron chi connectivity index (χ4n) is 6.01. The van der Waals surface area contributed by atoms with Gasteiger partial charge in [0.1, 0.15) is 30.0 Å². The molecule has 5 N–H and O–H groups in total. The number of rotatable bonds is 19. The topological polar surface area (TPSA) is 183 Å². The molecule has 59 heavy (non-hydrogen) atoms. The summed E-state index contributed by atoms with van der Waals surface area (Å²) in [5.41, 5.74) is 1.43. The van der Waals surface area contributed by atoms with Crippen molar-refractivity contribution >= 4 is 39.3 Å². The minimum atomic E-state index is -3.86. The maximum atomic E-state index is 14.0. The zero-order valence-corrected chi connectivity index (χ0v) is 34.6. The van der Waals surface area contributed by atoms with Crippen LogP contribution < -0.4 is 30.3 Å². The monoisotopic (exact) mass is 835 g/mol. The van der Waals surface area contributed by atoms with Crippen molar-refractivity contribution in [3.63, 3.8) is 0 Å². The van der Waals surface area contributed by atoms with Gasteiger partial charge in [0, 0.05) is 48.8 Å². The number of aliphatic hydroxyl groups excluding tert-OH is 1. The van der Waals surface area contributed by atoms with Gasteiger partial charge in [0.15, 0.2) is 0 Å². The van der Waals surface area contributed by atoms with Crippen LogP contribution in [0.1, 0.15) is 72.0 Å². The van der Waals surface area contributed by atoms with Gasteiger partial charge in [0.25, 0.3) is 11.8 Å². The van der Waals surface area contributed by atoms with Crippen molar-refractivity contribution in [3.8, 4) is 5.75 Å². The molecule has 0 bridgehead atoms. The third kappa shape index (κ3) is 13.6. The van der Waals surface area contributed by atoms with E-state index in [-0.39, 0.29) is 41.4 Å². The van der Waals surface area contributed by atoms with E-state index in [2.05, 4.69) is 21.3 Å². The number of nitrogens with zero attached hydrogens (tertiary/aromatic N) is 1. The number of carbonyl (C=O) groups is 4. The van der Waals surface area contributed by atoms with E-state index >= 15 is 0 Å². The van der Waals surface area contributed by atoms with Gasteiger partial charge >= 0.3 is 0 Å². The predicted octanol–water partition coefficient (Wildman–Crippen LogP) is 4.87. The largest absolute Gasteiger partial charge is 0.491 e. The van der Waals surface area contributed by atoms with Crippen molar-refractivity contribution in [1.29, 1.82) is 0 Å². The van der Waals surface area contributed by atoms with Gasteiger partial charge in [-0.05, 0) is 48.6 Å². The summed E-state index contributed by atoms with van der Waals surface area (Å²) in [5.74, 6) is -5.78. The maximum absolute atomic E-state index is 14.0. The van der Waals surface area contributed by atoms with Gasteiger partial charge in [-0.15, -0.1) is 0 Å². The molecule has 0 spiro atoms. The van der Waals surface area contributed by atoms with Gasteiger partial charge in [0.2, 0.25) is 21.8 Å². The van der Waals surface area contributed by atoms with Crippen LogP contribution in [-0.4, -0.2) is 75.3 Å². The van der Waals surface area contributed by atoms with E-state index in [4.69, 9.17) is 4.74 Å². The lowest BCUT2D eigenvalue weighted by atomic mass is 9.96. The van der Waals surface area contributed by atoms with Gasteiger partial charge in [-0.1, -0.05) is 81.4 Å². The zero-order valence-electron chi connectivity index (χ0n) is 33.7. The number of ether oxygens (including phenoxy) is 1. The molecular formula is C43H51F2N5O8S. The first kappa shape index (κ1) is 45.8. The van der Waals surface area contributed by atoms with Gasteiger partial charge in [-0.2, -0.15) is 0 Å². The molecule has 0 fully saturated rings. The third-order valence-electron chi connectivity index (χ3n) is 9.60. The number of sulfonamides is 1. The first-order chi connectivity index (χ1) is 27.8. The zero-order chi connectivity index (χ0) is 43.4. The van der Waals surface area contributed by atoms with E-state index in [1.54, 1.807) is 20.8 Å². The normalized spacial score (nSPS) is 13.9. The second kappa shape index (κ2) is 20.7. The van der Waals surface area contributed by atoms with E-state index in [0.29, 0.717) is 6.07 Å². The van der Waals surface area contributed by atoms with Gasteiger partial charge in [-0.3, -0.25) is 23.5 Å². The summed E-state index contributed by atoms with van der Waals surface area (Å²) in [6.07, 6.45) is -0.831. The molecule has 16 heteroatoms. The highest BCUT2D eigenvalue weighted by atomic mass is 32.2. The van der Waals surface area contributed by atoms with E-state index in [0.717, 1.165) is 33.8 Å². The van der Waals surface area contributed by atoms with Crippen molar-refractivity contribution in [2.75, 3.05) is 24.2 Å². The van der Waals surface area contributed by atoms with Crippen molar-refractivity contribution in [1.82, 2.24) is 21.3 Å². The number of carbonyl (C=O) groups excluding carboxylic acids is 4. The van der Waals surface area contributed by atoms with E-state index < -0.39 is 82.0 Å². The minimum Gasteiger partial charge on any atom is -0.491 e. The van der Waals surface area contributed by atoms with Gasteiger partial charge in [-0.25, -0.2) is 17.2 Å². The summed E-state index contributed by atoms with van der Waals surface area (Å²) in [4.78, 5) is 54.1. The highest BCUT2D eigenvalue weighted by Crippen LogP contribution is 2.23. The predicted molar refractivity (Wildman–Crippen MR) is 220 cm³/mol. The van der Waals surface area contributed by atoms with E-state index in [9.17, 15) is 41.5 Å². The Hall–Kier alpha value is -5.87. The second-order valence-corrected chi connectivity index (χ2v) is 16.8. The number of nitrogens with one attached hydrogen (secondary N) is 4. The lowest BCUT2D eigenvalue weighted by molar-refractivity contribution is -0.132.